The largest absolute Gasteiger partial charge is 0.323 e. The highest BCUT2D eigenvalue weighted by Gasteiger charge is 2.05. The Morgan fingerprint density at radius 2 is 2.38 bits per heavy atom. The zero-order chi connectivity index (χ0) is 9.68. The van der Waals surface area contributed by atoms with E-state index in [4.69, 9.17) is 11.0 Å². The third-order valence-electron chi connectivity index (χ3n) is 1.90. The maximum absolute atomic E-state index is 8.55. The molecular formula is C10H13N3. The molecule has 0 radical (unpaired) electrons. The van der Waals surface area contributed by atoms with Gasteiger partial charge < -0.3 is 5.73 Å². The minimum Gasteiger partial charge on any atom is -0.323 e. The van der Waals surface area contributed by atoms with Gasteiger partial charge in [-0.05, 0) is 18.6 Å². The van der Waals surface area contributed by atoms with Gasteiger partial charge in [0.1, 0.15) is 6.07 Å². The van der Waals surface area contributed by atoms with Gasteiger partial charge in [-0.3, -0.25) is 4.98 Å². The van der Waals surface area contributed by atoms with Gasteiger partial charge in [0.05, 0.1) is 11.3 Å². The highest BCUT2D eigenvalue weighted by molar-refractivity contribution is 5.27. The first-order chi connectivity index (χ1) is 6.27. The van der Waals surface area contributed by atoms with Crippen LogP contribution >= 0.6 is 0 Å². The Morgan fingerprint density at radius 3 is 2.85 bits per heavy atom. The number of rotatable bonds is 3. The number of hydrogen-bond donors (Lipinski definition) is 1. The Bertz CT molecular complexity index is 297. The summed E-state index contributed by atoms with van der Waals surface area (Å²) in [5.41, 5.74) is 7.29. The van der Waals surface area contributed by atoms with Gasteiger partial charge in [0, 0.05) is 12.2 Å². The summed E-state index contributed by atoms with van der Waals surface area (Å²) in [6.07, 6.45) is 3.53. The molecule has 0 aliphatic rings. The van der Waals surface area contributed by atoms with Crippen LogP contribution in [0.5, 0.6) is 0 Å². The van der Waals surface area contributed by atoms with Crippen LogP contribution in [0.3, 0.4) is 0 Å². The van der Waals surface area contributed by atoms with Crippen molar-refractivity contribution in [3.05, 3.63) is 29.6 Å². The molecule has 0 saturated carbocycles. The lowest BCUT2D eigenvalue weighted by molar-refractivity contribution is 0.621. The first-order valence-electron chi connectivity index (χ1n) is 4.39. The monoisotopic (exact) mass is 175 g/mol. The van der Waals surface area contributed by atoms with E-state index in [1.807, 2.05) is 12.1 Å². The Balaban J connectivity index is 2.75. The molecular weight excluding hydrogens is 162 g/mol. The molecule has 68 valence electrons. The summed E-state index contributed by atoms with van der Waals surface area (Å²) in [6.45, 7) is 2.09. The SMILES string of the molecule is CCCC(N)c1ccc(C#N)cn1. The average Bonchev–Trinajstić information content (AvgIpc) is 2.18. The van der Waals surface area contributed by atoms with Crippen LogP contribution in [0, 0.1) is 11.3 Å². The summed E-state index contributed by atoms with van der Waals surface area (Å²) in [5.74, 6) is 0. The molecule has 0 aliphatic heterocycles. The highest BCUT2D eigenvalue weighted by atomic mass is 14.8. The van der Waals surface area contributed by atoms with Crippen molar-refractivity contribution in [3.8, 4) is 6.07 Å². The number of nitrogens with two attached hydrogens (primary N) is 1. The molecule has 1 unspecified atom stereocenters. The summed E-state index contributed by atoms with van der Waals surface area (Å²) in [5, 5.41) is 8.55. The standard InChI is InChI=1S/C10H13N3/c1-2-3-9(12)10-5-4-8(6-11)7-13-10/h4-5,7,9H,2-3,12H2,1H3. The predicted molar refractivity (Wildman–Crippen MR) is 50.8 cm³/mol. The first-order valence-corrected chi connectivity index (χ1v) is 4.39. The highest BCUT2D eigenvalue weighted by Crippen LogP contribution is 2.12. The van der Waals surface area contributed by atoms with Gasteiger partial charge in [-0.2, -0.15) is 5.26 Å². The van der Waals surface area contributed by atoms with E-state index >= 15 is 0 Å². The number of pyridine rings is 1. The van der Waals surface area contributed by atoms with Gasteiger partial charge in [-0.15, -0.1) is 0 Å². The molecule has 3 nitrogen and oxygen atoms in total. The molecule has 0 fully saturated rings. The molecule has 3 heteroatoms. The fraction of sp³-hybridized carbons (Fsp3) is 0.400. The first kappa shape index (κ1) is 9.69. The molecule has 1 atom stereocenters. The van der Waals surface area contributed by atoms with Crippen molar-refractivity contribution in [1.29, 1.82) is 5.26 Å². The van der Waals surface area contributed by atoms with Crippen LogP contribution < -0.4 is 5.73 Å². The Hall–Kier alpha value is -1.40. The molecule has 0 saturated heterocycles. The molecule has 13 heavy (non-hydrogen) atoms. The van der Waals surface area contributed by atoms with Crippen LogP contribution in [0.25, 0.3) is 0 Å². The van der Waals surface area contributed by atoms with Crippen LogP contribution in [0.15, 0.2) is 18.3 Å². The summed E-state index contributed by atoms with van der Waals surface area (Å²) in [6, 6.07) is 5.59. The molecule has 0 amide bonds. The van der Waals surface area contributed by atoms with Crippen LogP contribution in [0.4, 0.5) is 0 Å². The van der Waals surface area contributed by atoms with E-state index in [-0.39, 0.29) is 6.04 Å². The smallest absolute Gasteiger partial charge is 0.101 e. The number of nitrogens with zero attached hydrogens (tertiary/aromatic N) is 2. The van der Waals surface area contributed by atoms with Crippen molar-refractivity contribution < 1.29 is 0 Å². The molecule has 0 bridgehead atoms. The topological polar surface area (TPSA) is 62.7 Å². The average molecular weight is 175 g/mol. The van der Waals surface area contributed by atoms with E-state index < -0.39 is 0 Å². The number of nitriles is 1. The van der Waals surface area contributed by atoms with Gasteiger partial charge in [-0.25, -0.2) is 0 Å². The minimum atomic E-state index is -0.00209. The molecule has 0 aromatic carbocycles. The third kappa shape index (κ3) is 2.53. The Kier molecular flexibility index (Phi) is 3.41. The van der Waals surface area contributed by atoms with Gasteiger partial charge in [-0.1, -0.05) is 13.3 Å². The van der Waals surface area contributed by atoms with Crippen molar-refractivity contribution >= 4 is 0 Å². The quantitative estimate of drug-likeness (QED) is 0.761. The molecule has 1 heterocycles. The third-order valence-corrected chi connectivity index (χ3v) is 1.90. The van der Waals surface area contributed by atoms with Gasteiger partial charge in [0.2, 0.25) is 0 Å². The lowest BCUT2D eigenvalue weighted by Crippen LogP contribution is -2.11. The molecule has 2 N–H and O–H groups in total. The summed E-state index contributed by atoms with van der Waals surface area (Å²) in [4.78, 5) is 4.12. The van der Waals surface area contributed by atoms with Crippen molar-refractivity contribution in [1.82, 2.24) is 4.98 Å². The summed E-state index contributed by atoms with van der Waals surface area (Å²) in [7, 11) is 0. The van der Waals surface area contributed by atoms with Crippen LogP contribution in [0.2, 0.25) is 0 Å². The zero-order valence-electron chi connectivity index (χ0n) is 7.70. The molecule has 0 spiro atoms. The second-order valence-corrected chi connectivity index (χ2v) is 2.98. The predicted octanol–water partition coefficient (Wildman–Crippen LogP) is 1.75. The van der Waals surface area contributed by atoms with Crippen LogP contribution in [0.1, 0.15) is 37.1 Å². The second kappa shape index (κ2) is 4.58. The zero-order valence-corrected chi connectivity index (χ0v) is 7.70. The lowest BCUT2D eigenvalue weighted by Gasteiger charge is -2.08. The van der Waals surface area contributed by atoms with Crippen molar-refractivity contribution in [2.24, 2.45) is 5.73 Å². The van der Waals surface area contributed by atoms with Crippen LogP contribution in [-0.4, -0.2) is 4.98 Å². The van der Waals surface area contributed by atoms with E-state index in [2.05, 4.69) is 11.9 Å². The second-order valence-electron chi connectivity index (χ2n) is 2.98. The van der Waals surface area contributed by atoms with Gasteiger partial charge in [0.15, 0.2) is 0 Å². The molecule has 0 aliphatic carbocycles. The lowest BCUT2D eigenvalue weighted by atomic mass is 10.1. The van der Waals surface area contributed by atoms with E-state index in [1.54, 1.807) is 12.3 Å². The fourth-order valence-electron chi connectivity index (χ4n) is 1.15. The van der Waals surface area contributed by atoms with Gasteiger partial charge in [0.25, 0.3) is 0 Å². The Morgan fingerprint density at radius 1 is 1.62 bits per heavy atom. The maximum atomic E-state index is 8.55. The van der Waals surface area contributed by atoms with Crippen LogP contribution in [-0.2, 0) is 0 Å². The van der Waals surface area contributed by atoms with Crippen molar-refractivity contribution in [3.63, 3.8) is 0 Å². The van der Waals surface area contributed by atoms with E-state index in [0.29, 0.717) is 5.56 Å². The minimum absolute atomic E-state index is 0.00209. The molecule has 1 aromatic rings. The maximum Gasteiger partial charge on any atom is 0.101 e. The number of aromatic nitrogens is 1. The van der Waals surface area contributed by atoms with Crippen molar-refractivity contribution in [2.45, 2.75) is 25.8 Å². The fourth-order valence-corrected chi connectivity index (χ4v) is 1.15. The number of hydrogen-bond acceptors (Lipinski definition) is 3. The van der Waals surface area contributed by atoms with E-state index in [9.17, 15) is 0 Å². The summed E-state index contributed by atoms with van der Waals surface area (Å²) < 4.78 is 0. The van der Waals surface area contributed by atoms with Gasteiger partial charge >= 0.3 is 0 Å². The molecule has 1 rings (SSSR count). The Labute approximate surface area is 78.2 Å². The normalized spacial score (nSPS) is 12.1. The van der Waals surface area contributed by atoms with E-state index in [0.717, 1.165) is 18.5 Å². The van der Waals surface area contributed by atoms with E-state index in [1.165, 1.54) is 0 Å². The molecule has 1 aromatic heterocycles. The summed E-state index contributed by atoms with van der Waals surface area (Å²) >= 11 is 0. The van der Waals surface area contributed by atoms with Crippen molar-refractivity contribution in [2.75, 3.05) is 0 Å².